The maximum Gasteiger partial charge on any atom is 0.0416 e. The van der Waals surface area contributed by atoms with Crippen molar-refractivity contribution in [2.24, 2.45) is 0 Å². The van der Waals surface area contributed by atoms with Crippen LogP contribution in [0.3, 0.4) is 0 Å². The number of fused-ring (bicyclic) bond motifs is 1. The highest BCUT2D eigenvalue weighted by Gasteiger charge is 2.22. The van der Waals surface area contributed by atoms with E-state index in [-0.39, 0.29) is 0 Å². The van der Waals surface area contributed by atoms with Gasteiger partial charge in [-0.2, -0.15) is 0 Å². The largest absolute Gasteiger partial charge is 0.305 e. The first-order valence-electron chi connectivity index (χ1n) is 7.14. The van der Waals surface area contributed by atoms with E-state index in [1.165, 1.54) is 22.6 Å². The molecule has 0 spiro atoms. The number of benzene rings is 1. The number of rotatable bonds is 5. The lowest BCUT2D eigenvalue weighted by Gasteiger charge is -2.20. The van der Waals surface area contributed by atoms with Crippen molar-refractivity contribution in [2.45, 2.75) is 23.0 Å². The van der Waals surface area contributed by atoms with E-state index in [4.69, 9.17) is 0 Å². The highest BCUT2D eigenvalue weighted by molar-refractivity contribution is 8.00. The van der Waals surface area contributed by atoms with Crippen molar-refractivity contribution in [1.29, 1.82) is 0 Å². The quantitative estimate of drug-likeness (QED) is 0.838. The normalized spacial score (nSPS) is 17.4. The molecule has 1 aromatic carbocycles. The van der Waals surface area contributed by atoms with E-state index in [1.807, 2.05) is 24.0 Å². The molecule has 0 saturated heterocycles. The molecule has 1 atom stereocenters. The first kappa shape index (κ1) is 13.7. The molecule has 1 aliphatic heterocycles. The van der Waals surface area contributed by atoms with Crippen LogP contribution in [0.25, 0.3) is 0 Å². The van der Waals surface area contributed by atoms with E-state index in [1.54, 1.807) is 0 Å². The number of hydrogen-bond donors (Lipinski definition) is 0. The Bertz CT molecular complexity index is 531. The van der Waals surface area contributed by atoms with Gasteiger partial charge in [-0.05, 0) is 37.2 Å². The second-order valence-corrected chi connectivity index (χ2v) is 6.73. The zero-order chi connectivity index (χ0) is 13.8. The van der Waals surface area contributed by atoms with E-state index >= 15 is 0 Å². The van der Waals surface area contributed by atoms with Crippen molar-refractivity contribution in [2.75, 3.05) is 20.1 Å². The average Bonchev–Trinajstić information content (AvgIpc) is 2.88. The molecular formula is C17H20N2S. The van der Waals surface area contributed by atoms with Gasteiger partial charge in [-0.3, -0.25) is 4.98 Å². The number of likely N-dealkylation sites (N-methyl/N-ethyl adjacent to an activating group) is 1. The first-order chi connectivity index (χ1) is 9.81. The summed E-state index contributed by atoms with van der Waals surface area (Å²) >= 11 is 2.03. The fourth-order valence-electron chi connectivity index (χ4n) is 2.65. The highest BCUT2D eigenvalue weighted by atomic mass is 32.2. The van der Waals surface area contributed by atoms with Crippen molar-refractivity contribution in [1.82, 2.24) is 9.88 Å². The molecule has 0 amide bonds. The van der Waals surface area contributed by atoms with Crippen LogP contribution in [0.2, 0.25) is 0 Å². The number of pyridine rings is 1. The van der Waals surface area contributed by atoms with Crippen molar-refractivity contribution < 1.29 is 0 Å². The van der Waals surface area contributed by atoms with Gasteiger partial charge in [0.2, 0.25) is 0 Å². The van der Waals surface area contributed by atoms with Gasteiger partial charge < -0.3 is 4.90 Å². The Labute approximate surface area is 125 Å². The predicted octanol–water partition coefficient (Wildman–Crippen LogP) is 3.27. The van der Waals surface area contributed by atoms with E-state index in [0.29, 0.717) is 5.25 Å². The summed E-state index contributed by atoms with van der Waals surface area (Å²) in [6.07, 6.45) is 4.11. The van der Waals surface area contributed by atoms with Crippen LogP contribution in [-0.4, -0.2) is 35.3 Å². The van der Waals surface area contributed by atoms with Gasteiger partial charge in [0.05, 0.1) is 0 Å². The van der Waals surface area contributed by atoms with Crippen LogP contribution in [0, 0.1) is 0 Å². The van der Waals surface area contributed by atoms with Gasteiger partial charge in [-0.25, -0.2) is 0 Å². The molecule has 3 heteroatoms. The van der Waals surface area contributed by atoms with Crippen molar-refractivity contribution >= 4 is 11.8 Å². The van der Waals surface area contributed by atoms with Gasteiger partial charge in [0.15, 0.2) is 0 Å². The number of hydrogen-bond acceptors (Lipinski definition) is 3. The van der Waals surface area contributed by atoms with Gasteiger partial charge in [-0.1, -0.05) is 24.3 Å². The lowest BCUT2D eigenvalue weighted by molar-refractivity contribution is 0.338. The van der Waals surface area contributed by atoms with Crippen LogP contribution in [0.15, 0.2) is 53.6 Å². The topological polar surface area (TPSA) is 16.1 Å². The predicted molar refractivity (Wildman–Crippen MR) is 85.2 cm³/mol. The van der Waals surface area contributed by atoms with Gasteiger partial charge in [-0.15, -0.1) is 11.8 Å². The van der Waals surface area contributed by atoms with Gasteiger partial charge in [0, 0.05) is 41.5 Å². The second-order valence-electron chi connectivity index (χ2n) is 5.39. The molecular weight excluding hydrogens is 264 g/mol. The minimum absolute atomic E-state index is 0.695. The summed E-state index contributed by atoms with van der Waals surface area (Å²) in [4.78, 5) is 8.28. The number of nitrogens with zero attached hydrogens (tertiary/aromatic N) is 2. The Morgan fingerprint density at radius 2 is 2.05 bits per heavy atom. The van der Waals surface area contributed by atoms with Crippen molar-refractivity contribution in [3.05, 3.63) is 59.9 Å². The summed E-state index contributed by atoms with van der Waals surface area (Å²) in [6.45, 7) is 2.22. The zero-order valence-electron chi connectivity index (χ0n) is 11.8. The van der Waals surface area contributed by atoms with Gasteiger partial charge >= 0.3 is 0 Å². The smallest absolute Gasteiger partial charge is 0.0416 e. The Morgan fingerprint density at radius 3 is 2.85 bits per heavy atom. The molecule has 1 aromatic heterocycles. The van der Waals surface area contributed by atoms with Gasteiger partial charge in [0.25, 0.3) is 0 Å². The van der Waals surface area contributed by atoms with Crippen LogP contribution in [-0.2, 0) is 12.8 Å². The van der Waals surface area contributed by atoms with E-state index in [0.717, 1.165) is 19.5 Å². The van der Waals surface area contributed by atoms with E-state index in [9.17, 15) is 0 Å². The number of thioether (sulfide) groups is 1. The third-order valence-corrected chi connectivity index (χ3v) is 5.01. The molecule has 2 nitrogen and oxygen atoms in total. The highest BCUT2D eigenvalue weighted by Crippen LogP contribution is 2.36. The Morgan fingerprint density at radius 1 is 1.20 bits per heavy atom. The SMILES string of the molecule is CN(CCc1ccccn1)CC1Cc2ccccc2S1. The van der Waals surface area contributed by atoms with Crippen molar-refractivity contribution in [3.8, 4) is 0 Å². The number of aromatic nitrogens is 1. The molecule has 1 aliphatic rings. The molecule has 0 fully saturated rings. The minimum Gasteiger partial charge on any atom is -0.305 e. The summed E-state index contributed by atoms with van der Waals surface area (Å²) in [5.41, 5.74) is 2.70. The monoisotopic (exact) mass is 284 g/mol. The molecule has 20 heavy (non-hydrogen) atoms. The molecule has 0 N–H and O–H groups in total. The molecule has 3 rings (SSSR count). The maximum atomic E-state index is 4.38. The molecule has 0 bridgehead atoms. The molecule has 1 unspecified atom stereocenters. The second kappa shape index (κ2) is 6.42. The van der Waals surface area contributed by atoms with E-state index in [2.05, 4.69) is 53.3 Å². The molecule has 104 valence electrons. The minimum atomic E-state index is 0.695. The molecule has 0 radical (unpaired) electrons. The maximum absolute atomic E-state index is 4.38. The van der Waals surface area contributed by atoms with Crippen molar-refractivity contribution in [3.63, 3.8) is 0 Å². The third-order valence-electron chi connectivity index (χ3n) is 3.70. The summed E-state index contributed by atoms with van der Waals surface area (Å²) in [5.74, 6) is 0. The fourth-order valence-corrected chi connectivity index (χ4v) is 4.06. The molecule has 0 saturated carbocycles. The summed E-state index contributed by atoms with van der Waals surface area (Å²) in [6, 6.07) is 14.9. The average molecular weight is 284 g/mol. The summed E-state index contributed by atoms with van der Waals surface area (Å²) < 4.78 is 0. The lowest BCUT2D eigenvalue weighted by atomic mass is 10.1. The van der Waals surface area contributed by atoms with Crippen LogP contribution in [0.5, 0.6) is 0 Å². The van der Waals surface area contributed by atoms with Crippen LogP contribution in [0.4, 0.5) is 0 Å². The van der Waals surface area contributed by atoms with Crippen LogP contribution < -0.4 is 0 Å². The van der Waals surface area contributed by atoms with E-state index < -0.39 is 0 Å². The fraction of sp³-hybridized carbons (Fsp3) is 0.353. The summed E-state index contributed by atoms with van der Waals surface area (Å²) in [7, 11) is 2.21. The Balaban J connectivity index is 1.47. The summed E-state index contributed by atoms with van der Waals surface area (Å²) in [5, 5.41) is 0.695. The van der Waals surface area contributed by atoms with Crippen LogP contribution in [0.1, 0.15) is 11.3 Å². The molecule has 2 heterocycles. The Hall–Kier alpha value is -1.32. The lowest BCUT2D eigenvalue weighted by Crippen LogP contribution is -2.29. The molecule has 2 aromatic rings. The first-order valence-corrected chi connectivity index (χ1v) is 8.02. The Kier molecular flexibility index (Phi) is 4.38. The van der Waals surface area contributed by atoms with Gasteiger partial charge in [0.1, 0.15) is 0 Å². The zero-order valence-corrected chi connectivity index (χ0v) is 12.6. The standard InChI is InChI=1S/C17H20N2S/c1-19(11-9-15-7-4-5-10-18-15)13-16-12-14-6-2-3-8-17(14)20-16/h2-8,10,16H,9,11-13H2,1H3. The third kappa shape index (κ3) is 3.41. The molecule has 0 aliphatic carbocycles. The van der Waals surface area contributed by atoms with Crippen LogP contribution >= 0.6 is 11.8 Å².